The van der Waals surface area contributed by atoms with E-state index in [0.717, 1.165) is 0 Å². The zero-order chi connectivity index (χ0) is 11.6. The van der Waals surface area contributed by atoms with E-state index in [1.54, 1.807) is 0 Å². The van der Waals surface area contributed by atoms with E-state index in [2.05, 4.69) is 0 Å². The molecule has 0 bridgehead atoms. The van der Waals surface area contributed by atoms with Gasteiger partial charge in [0.25, 0.3) is 5.69 Å². The van der Waals surface area contributed by atoms with Gasteiger partial charge in [0.1, 0.15) is 5.75 Å². The Morgan fingerprint density at radius 3 is 2.31 bits per heavy atom. The summed E-state index contributed by atoms with van der Waals surface area (Å²) in [5, 5.41) is 10.4. The lowest BCUT2D eigenvalue weighted by Gasteiger charge is -2.10. The maximum absolute atomic E-state index is 11.6. The number of phosphoric acid groups is 1. The van der Waals surface area contributed by atoms with E-state index >= 15 is 0 Å². The Morgan fingerprint density at radius 1 is 1.25 bits per heavy atom. The fourth-order valence-corrected chi connectivity index (χ4v) is 2.30. The van der Waals surface area contributed by atoms with Crippen molar-refractivity contribution in [3.8, 4) is 5.75 Å². The average molecular weight is 245 g/mol. The molecule has 1 heterocycles. The van der Waals surface area contributed by atoms with E-state index in [1.165, 1.54) is 24.3 Å². The highest BCUT2D eigenvalue weighted by molar-refractivity contribution is 7.49. The second kappa shape index (κ2) is 4.21. The monoisotopic (exact) mass is 245 g/mol. The van der Waals surface area contributed by atoms with Crippen molar-refractivity contribution in [1.82, 2.24) is 0 Å². The van der Waals surface area contributed by atoms with Crippen LogP contribution in [-0.2, 0) is 13.6 Å². The van der Waals surface area contributed by atoms with Crippen molar-refractivity contribution in [2.24, 2.45) is 0 Å². The van der Waals surface area contributed by atoms with Crippen LogP contribution < -0.4 is 4.52 Å². The zero-order valence-corrected chi connectivity index (χ0v) is 8.96. The van der Waals surface area contributed by atoms with Gasteiger partial charge in [-0.2, -0.15) is 0 Å². The molecule has 0 unspecified atom stereocenters. The van der Waals surface area contributed by atoms with Gasteiger partial charge in [-0.3, -0.25) is 19.2 Å². The molecule has 2 rings (SSSR count). The predicted octanol–water partition coefficient (Wildman–Crippen LogP) is 2.13. The summed E-state index contributed by atoms with van der Waals surface area (Å²) < 4.78 is 26.2. The first kappa shape index (κ1) is 11.1. The molecule has 7 nitrogen and oxygen atoms in total. The first-order chi connectivity index (χ1) is 7.59. The van der Waals surface area contributed by atoms with Gasteiger partial charge in [-0.05, 0) is 12.1 Å². The smallest absolute Gasteiger partial charge is 0.404 e. The van der Waals surface area contributed by atoms with E-state index in [0.29, 0.717) is 0 Å². The van der Waals surface area contributed by atoms with Crippen molar-refractivity contribution in [3.63, 3.8) is 0 Å². The molecule has 1 aliphatic rings. The molecule has 16 heavy (non-hydrogen) atoms. The molecule has 1 aromatic rings. The largest absolute Gasteiger partial charge is 0.530 e. The number of hydrogen-bond acceptors (Lipinski definition) is 6. The van der Waals surface area contributed by atoms with Gasteiger partial charge in [0.05, 0.1) is 18.1 Å². The van der Waals surface area contributed by atoms with Gasteiger partial charge in [0.2, 0.25) is 0 Å². The minimum atomic E-state index is -3.50. The Bertz CT molecular complexity index is 434. The van der Waals surface area contributed by atoms with Gasteiger partial charge in [-0.25, -0.2) is 4.57 Å². The Morgan fingerprint density at radius 2 is 1.81 bits per heavy atom. The fourth-order valence-electron chi connectivity index (χ4n) is 1.15. The Kier molecular flexibility index (Phi) is 2.91. The molecule has 0 amide bonds. The van der Waals surface area contributed by atoms with E-state index in [4.69, 9.17) is 13.6 Å². The number of nitrogens with zero attached hydrogens (tertiary/aromatic N) is 1. The molecule has 0 N–H and O–H groups in total. The summed E-state index contributed by atoms with van der Waals surface area (Å²) in [5.74, 6) is 0.204. The summed E-state index contributed by atoms with van der Waals surface area (Å²) >= 11 is 0. The Balaban J connectivity index is 2.10. The van der Waals surface area contributed by atoms with Crippen LogP contribution in [0.3, 0.4) is 0 Å². The van der Waals surface area contributed by atoms with Crippen LogP contribution in [0.25, 0.3) is 0 Å². The predicted molar refractivity (Wildman–Crippen MR) is 53.2 cm³/mol. The van der Waals surface area contributed by atoms with E-state index in [1.807, 2.05) is 0 Å². The molecule has 1 fully saturated rings. The second-order valence-corrected chi connectivity index (χ2v) is 4.55. The molecular weight excluding hydrogens is 237 g/mol. The van der Waals surface area contributed by atoms with E-state index in [-0.39, 0.29) is 24.7 Å². The van der Waals surface area contributed by atoms with E-state index in [9.17, 15) is 14.7 Å². The first-order valence-corrected chi connectivity index (χ1v) is 5.88. The van der Waals surface area contributed by atoms with Crippen LogP contribution in [-0.4, -0.2) is 18.1 Å². The van der Waals surface area contributed by atoms with Crippen LogP contribution in [0.4, 0.5) is 5.69 Å². The Labute approximate surface area is 90.7 Å². The highest BCUT2D eigenvalue weighted by Crippen LogP contribution is 2.52. The van der Waals surface area contributed by atoms with Crippen molar-refractivity contribution < 1.29 is 23.1 Å². The summed E-state index contributed by atoms with van der Waals surface area (Å²) in [6.07, 6.45) is 0. The standard InChI is InChI=1S/C8H8NO6P/c10-9(11)7-1-3-8(4-2-7)15-16(12)13-5-6-14-16/h1-4H,5-6H2. The summed E-state index contributed by atoms with van der Waals surface area (Å²) in [6, 6.07) is 5.17. The molecule has 0 atom stereocenters. The van der Waals surface area contributed by atoms with E-state index < -0.39 is 12.7 Å². The van der Waals surface area contributed by atoms with Crippen LogP contribution in [0.2, 0.25) is 0 Å². The van der Waals surface area contributed by atoms with Gasteiger partial charge in [0.15, 0.2) is 0 Å². The molecular formula is C8H8NO6P. The molecule has 1 aliphatic heterocycles. The molecule has 0 saturated carbocycles. The number of rotatable bonds is 3. The molecule has 86 valence electrons. The van der Waals surface area contributed by atoms with Crippen molar-refractivity contribution in [3.05, 3.63) is 34.4 Å². The highest BCUT2D eigenvalue weighted by atomic mass is 31.2. The molecule has 0 aliphatic carbocycles. The average Bonchev–Trinajstić information content (AvgIpc) is 2.65. The SMILES string of the molecule is O=[N+]([O-])c1ccc(OP2(=O)OCCO2)cc1. The third-order valence-corrected chi connectivity index (χ3v) is 3.28. The van der Waals surface area contributed by atoms with Crippen molar-refractivity contribution in [2.75, 3.05) is 13.2 Å². The number of nitro benzene ring substituents is 1. The number of non-ortho nitro benzene ring substituents is 1. The lowest BCUT2D eigenvalue weighted by Crippen LogP contribution is -1.93. The fraction of sp³-hybridized carbons (Fsp3) is 0.250. The number of phosphoric ester groups is 1. The molecule has 8 heteroatoms. The van der Waals surface area contributed by atoms with Crippen molar-refractivity contribution in [2.45, 2.75) is 0 Å². The van der Waals surface area contributed by atoms with Crippen LogP contribution in [0, 0.1) is 10.1 Å². The molecule has 0 spiro atoms. The van der Waals surface area contributed by atoms with Crippen LogP contribution in [0.1, 0.15) is 0 Å². The zero-order valence-electron chi connectivity index (χ0n) is 8.07. The minimum absolute atomic E-state index is 0.0705. The molecule has 1 saturated heterocycles. The van der Waals surface area contributed by atoms with Crippen LogP contribution >= 0.6 is 7.82 Å². The first-order valence-electron chi connectivity index (χ1n) is 4.42. The van der Waals surface area contributed by atoms with Gasteiger partial charge in [-0.1, -0.05) is 0 Å². The van der Waals surface area contributed by atoms with Crippen molar-refractivity contribution in [1.29, 1.82) is 0 Å². The summed E-state index contributed by atoms with van der Waals surface area (Å²) in [6.45, 7) is 0.425. The van der Waals surface area contributed by atoms with Crippen LogP contribution in [0.5, 0.6) is 5.75 Å². The third-order valence-electron chi connectivity index (χ3n) is 1.85. The second-order valence-electron chi connectivity index (χ2n) is 2.96. The normalized spacial score (nSPS) is 18.2. The maximum atomic E-state index is 11.6. The molecule has 0 radical (unpaired) electrons. The molecule has 1 aromatic carbocycles. The minimum Gasteiger partial charge on any atom is -0.404 e. The third kappa shape index (κ3) is 2.38. The number of hydrogen-bond donors (Lipinski definition) is 0. The quantitative estimate of drug-likeness (QED) is 0.460. The number of benzene rings is 1. The lowest BCUT2D eigenvalue weighted by molar-refractivity contribution is -0.384. The van der Waals surface area contributed by atoms with Gasteiger partial charge < -0.3 is 4.52 Å². The maximum Gasteiger partial charge on any atom is 0.530 e. The Hall–Kier alpha value is -1.43. The van der Waals surface area contributed by atoms with Gasteiger partial charge in [0, 0.05) is 12.1 Å². The van der Waals surface area contributed by atoms with Crippen LogP contribution in [0.15, 0.2) is 24.3 Å². The lowest BCUT2D eigenvalue weighted by atomic mass is 10.3. The summed E-state index contributed by atoms with van der Waals surface area (Å²) in [5.41, 5.74) is -0.0705. The number of nitro groups is 1. The summed E-state index contributed by atoms with van der Waals surface area (Å²) in [7, 11) is -3.50. The van der Waals surface area contributed by atoms with Gasteiger partial charge in [-0.15, -0.1) is 0 Å². The highest BCUT2D eigenvalue weighted by Gasteiger charge is 2.33. The van der Waals surface area contributed by atoms with Crippen molar-refractivity contribution >= 4 is 13.5 Å². The topological polar surface area (TPSA) is 87.9 Å². The summed E-state index contributed by atoms with van der Waals surface area (Å²) in [4.78, 5) is 9.85. The molecule has 0 aromatic heterocycles. The van der Waals surface area contributed by atoms with Gasteiger partial charge >= 0.3 is 7.82 Å².